The van der Waals surface area contributed by atoms with Crippen molar-refractivity contribution in [2.24, 2.45) is 10.7 Å². The lowest BCUT2D eigenvalue weighted by atomic mass is 9.96. The van der Waals surface area contributed by atoms with E-state index >= 15 is 0 Å². The van der Waals surface area contributed by atoms with E-state index in [-0.39, 0.29) is 6.10 Å². The predicted molar refractivity (Wildman–Crippen MR) is 56.5 cm³/mol. The highest BCUT2D eigenvalue weighted by Crippen LogP contribution is 2.17. The van der Waals surface area contributed by atoms with Crippen LogP contribution in [0.1, 0.15) is 13.8 Å². The molecule has 5 N–H and O–H groups in total. The van der Waals surface area contributed by atoms with Gasteiger partial charge in [0.25, 0.3) is 0 Å². The Morgan fingerprint density at radius 1 is 1.47 bits per heavy atom. The Kier molecular flexibility index (Phi) is 4.04. The van der Waals surface area contributed by atoms with Gasteiger partial charge in [0, 0.05) is 7.05 Å². The molecule has 88 valence electrons. The van der Waals surface area contributed by atoms with E-state index in [0.717, 1.165) is 0 Å². The Bertz CT molecular complexity index is 247. The zero-order chi connectivity index (χ0) is 11.6. The maximum Gasteiger partial charge on any atom is 0.177 e. The SMILES string of the molecule is CN=C(C)NC1C(O)OC(C)C(N)C1O. The number of nitrogens with two attached hydrogens (primary N) is 1. The van der Waals surface area contributed by atoms with Gasteiger partial charge < -0.3 is 26.0 Å². The van der Waals surface area contributed by atoms with Crippen LogP contribution >= 0.6 is 0 Å². The minimum atomic E-state index is -1.08. The van der Waals surface area contributed by atoms with Crippen LogP contribution in [0.25, 0.3) is 0 Å². The Hall–Kier alpha value is -0.690. The van der Waals surface area contributed by atoms with Crippen molar-refractivity contribution in [2.45, 2.75) is 44.4 Å². The fraction of sp³-hybridized carbons (Fsp3) is 0.889. The van der Waals surface area contributed by atoms with Gasteiger partial charge in [-0.2, -0.15) is 0 Å². The van der Waals surface area contributed by atoms with Crippen LogP contribution in [0.3, 0.4) is 0 Å². The Balaban J connectivity index is 2.70. The van der Waals surface area contributed by atoms with Crippen molar-refractivity contribution in [3.63, 3.8) is 0 Å². The molecule has 0 spiro atoms. The van der Waals surface area contributed by atoms with Crippen LogP contribution in [-0.2, 0) is 4.74 Å². The third-order valence-corrected chi connectivity index (χ3v) is 2.68. The van der Waals surface area contributed by atoms with Crippen LogP contribution in [0.5, 0.6) is 0 Å². The number of hydrogen-bond acceptors (Lipinski definition) is 5. The largest absolute Gasteiger partial charge is 0.389 e. The molecule has 5 unspecified atom stereocenters. The van der Waals surface area contributed by atoms with Gasteiger partial charge >= 0.3 is 0 Å². The van der Waals surface area contributed by atoms with Gasteiger partial charge in [0.15, 0.2) is 6.29 Å². The summed E-state index contributed by atoms with van der Waals surface area (Å²) >= 11 is 0. The fourth-order valence-corrected chi connectivity index (χ4v) is 1.54. The second-order valence-corrected chi connectivity index (χ2v) is 3.78. The molecule has 1 rings (SSSR count). The number of ether oxygens (including phenoxy) is 1. The van der Waals surface area contributed by atoms with Gasteiger partial charge in [0.2, 0.25) is 0 Å². The van der Waals surface area contributed by atoms with E-state index in [2.05, 4.69) is 10.3 Å². The highest BCUT2D eigenvalue weighted by atomic mass is 16.6. The lowest BCUT2D eigenvalue weighted by Crippen LogP contribution is -2.65. The standard InChI is InChI=1S/C9H19N3O3/c1-4-6(10)8(13)7(9(14)15-4)12-5(2)11-3/h4,6-9,13-14H,10H2,1-3H3,(H,11,12). The number of nitrogens with zero attached hydrogens (tertiary/aromatic N) is 1. The van der Waals surface area contributed by atoms with E-state index < -0.39 is 24.5 Å². The normalized spacial score (nSPS) is 42.8. The molecular formula is C9H19N3O3. The summed E-state index contributed by atoms with van der Waals surface area (Å²) in [6.45, 7) is 3.46. The van der Waals surface area contributed by atoms with Crippen LogP contribution in [0.2, 0.25) is 0 Å². The zero-order valence-corrected chi connectivity index (χ0v) is 9.21. The van der Waals surface area contributed by atoms with E-state index in [0.29, 0.717) is 5.84 Å². The first-order chi connectivity index (χ1) is 6.97. The summed E-state index contributed by atoms with van der Waals surface area (Å²) in [5, 5.41) is 22.3. The second kappa shape index (κ2) is 4.89. The Labute approximate surface area is 89.1 Å². The summed E-state index contributed by atoms with van der Waals surface area (Å²) in [5.41, 5.74) is 5.73. The van der Waals surface area contributed by atoms with Crippen molar-refractivity contribution in [1.82, 2.24) is 5.32 Å². The first-order valence-corrected chi connectivity index (χ1v) is 4.94. The molecule has 0 saturated carbocycles. The van der Waals surface area contributed by atoms with Crippen molar-refractivity contribution < 1.29 is 14.9 Å². The van der Waals surface area contributed by atoms with E-state index in [1.54, 1.807) is 20.9 Å². The minimum Gasteiger partial charge on any atom is -0.389 e. The van der Waals surface area contributed by atoms with Crippen LogP contribution < -0.4 is 11.1 Å². The molecule has 0 aromatic carbocycles. The van der Waals surface area contributed by atoms with E-state index in [4.69, 9.17) is 10.5 Å². The molecule has 6 heteroatoms. The average Bonchev–Trinajstić information content (AvgIpc) is 2.21. The van der Waals surface area contributed by atoms with Crippen molar-refractivity contribution in [3.05, 3.63) is 0 Å². The van der Waals surface area contributed by atoms with E-state index in [1.165, 1.54) is 0 Å². The van der Waals surface area contributed by atoms with Gasteiger partial charge in [0.1, 0.15) is 6.04 Å². The molecule has 6 nitrogen and oxygen atoms in total. The monoisotopic (exact) mass is 217 g/mol. The van der Waals surface area contributed by atoms with Crippen LogP contribution in [-0.4, -0.2) is 53.7 Å². The van der Waals surface area contributed by atoms with Gasteiger partial charge in [-0.25, -0.2) is 0 Å². The summed E-state index contributed by atoms with van der Waals surface area (Å²) in [7, 11) is 1.62. The van der Waals surface area contributed by atoms with Gasteiger partial charge in [-0.1, -0.05) is 0 Å². The lowest BCUT2D eigenvalue weighted by molar-refractivity contribution is -0.206. The summed E-state index contributed by atoms with van der Waals surface area (Å²) in [6, 6.07) is -1.16. The summed E-state index contributed by atoms with van der Waals surface area (Å²) in [6.07, 6.45) is -2.31. The molecule has 0 bridgehead atoms. The second-order valence-electron chi connectivity index (χ2n) is 3.78. The maximum absolute atomic E-state index is 9.84. The molecule has 1 heterocycles. The quantitative estimate of drug-likeness (QED) is 0.314. The molecule has 0 radical (unpaired) electrons. The average molecular weight is 217 g/mol. The molecule has 0 aliphatic carbocycles. The molecule has 1 fully saturated rings. The van der Waals surface area contributed by atoms with Crippen molar-refractivity contribution in [3.8, 4) is 0 Å². The minimum absolute atomic E-state index is 0.369. The van der Waals surface area contributed by atoms with Crippen molar-refractivity contribution >= 4 is 5.84 Å². The van der Waals surface area contributed by atoms with E-state index in [9.17, 15) is 10.2 Å². The number of rotatable bonds is 1. The highest BCUT2D eigenvalue weighted by molar-refractivity contribution is 5.79. The lowest BCUT2D eigenvalue weighted by Gasteiger charge is -2.40. The van der Waals surface area contributed by atoms with Crippen LogP contribution in [0.15, 0.2) is 4.99 Å². The fourth-order valence-electron chi connectivity index (χ4n) is 1.54. The molecule has 0 amide bonds. The van der Waals surface area contributed by atoms with Gasteiger partial charge in [-0.05, 0) is 13.8 Å². The number of amidine groups is 1. The highest BCUT2D eigenvalue weighted by Gasteiger charge is 2.40. The number of aliphatic hydroxyl groups excluding tert-OH is 2. The molecule has 0 aromatic rings. The van der Waals surface area contributed by atoms with Crippen molar-refractivity contribution in [2.75, 3.05) is 7.05 Å². The number of aliphatic hydroxyl groups is 2. The number of nitrogens with one attached hydrogen (secondary N) is 1. The molecule has 15 heavy (non-hydrogen) atoms. The summed E-state index contributed by atoms with van der Waals surface area (Å²) < 4.78 is 5.18. The van der Waals surface area contributed by atoms with Gasteiger partial charge in [-0.15, -0.1) is 0 Å². The first-order valence-electron chi connectivity index (χ1n) is 4.94. The smallest absolute Gasteiger partial charge is 0.177 e. The molecule has 0 aromatic heterocycles. The Morgan fingerprint density at radius 2 is 2.07 bits per heavy atom. The third kappa shape index (κ3) is 2.66. The summed E-state index contributed by atoms with van der Waals surface area (Å²) in [4.78, 5) is 3.88. The maximum atomic E-state index is 9.84. The third-order valence-electron chi connectivity index (χ3n) is 2.68. The predicted octanol–water partition coefficient (Wildman–Crippen LogP) is -1.58. The van der Waals surface area contributed by atoms with Crippen molar-refractivity contribution in [1.29, 1.82) is 0 Å². The number of aliphatic imine (C=N–C) groups is 1. The molecule has 1 aliphatic heterocycles. The van der Waals surface area contributed by atoms with Gasteiger partial charge in [-0.3, -0.25) is 4.99 Å². The van der Waals surface area contributed by atoms with Gasteiger partial charge in [0.05, 0.1) is 24.1 Å². The molecule has 5 atom stereocenters. The van der Waals surface area contributed by atoms with E-state index in [1.807, 2.05) is 0 Å². The topological polar surface area (TPSA) is 100 Å². The molecule has 1 aliphatic rings. The molecular weight excluding hydrogens is 198 g/mol. The Morgan fingerprint density at radius 3 is 2.60 bits per heavy atom. The number of hydrogen-bond donors (Lipinski definition) is 4. The zero-order valence-electron chi connectivity index (χ0n) is 9.21. The molecule has 1 saturated heterocycles. The first kappa shape index (κ1) is 12.4. The van der Waals surface area contributed by atoms with Crippen LogP contribution in [0.4, 0.5) is 0 Å². The summed E-state index contributed by atoms with van der Waals surface area (Å²) in [5.74, 6) is 0.614. The van der Waals surface area contributed by atoms with Crippen LogP contribution in [0, 0.1) is 0 Å².